The zero-order valence-corrected chi connectivity index (χ0v) is 15.4. The van der Waals surface area contributed by atoms with Crippen LogP contribution in [0.25, 0.3) is 0 Å². The van der Waals surface area contributed by atoms with Gasteiger partial charge in [-0.05, 0) is 35.7 Å². The second-order valence-electron chi connectivity index (χ2n) is 5.52. The molecule has 9 heteroatoms. The smallest absolute Gasteiger partial charge is 0.338 e. The summed E-state index contributed by atoms with van der Waals surface area (Å²) in [7, 11) is -3.61. The summed E-state index contributed by atoms with van der Waals surface area (Å²) in [5.74, 6) is -0.954. The standard InChI is InChI=1S/C17H17NO6S2/c19-15(16-2-1-11-25-16)12-24-17(20)13-3-5-14(6-4-13)26(21,22)18-7-9-23-10-8-18/h1-6,11H,7-10,12H2. The second-order valence-corrected chi connectivity index (χ2v) is 8.40. The molecule has 1 fully saturated rings. The van der Waals surface area contributed by atoms with Gasteiger partial charge < -0.3 is 9.47 Å². The van der Waals surface area contributed by atoms with Crippen molar-refractivity contribution < 1.29 is 27.5 Å². The van der Waals surface area contributed by atoms with E-state index in [-0.39, 0.29) is 22.8 Å². The largest absolute Gasteiger partial charge is 0.454 e. The first kappa shape index (κ1) is 18.7. The molecule has 7 nitrogen and oxygen atoms in total. The number of hydrogen-bond donors (Lipinski definition) is 0. The Kier molecular flexibility index (Phi) is 5.82. The normalized spacial score (nSPS) is 15.5. The number of nitrogens with zero attached hydrogens (tertiary/aromatic N) is 1. The molecule has 0 unspecified atom stereocenters. The number of carbonyl (C=O) groups is 2. The minimum atomic E-state index is -3.61. The van der Waals surface area contributed by atoms with Crippen LogP contribution in [0, 0.1) is 0 Å². The van der Waals surface area contributed by atoms with E-state index < -0.39 is 16.0 Å². The fraction of sp³-hybridized carbons (Fsp3) is 0.294. The quantitative estimate of drug-likeness (QED) is 0.547. The number of rotatable bonds is 6. The van der Waals surface area contributed by atoms with Crippen LogP contribution in [-0.2, 0) is 19.5 Å². The van der Waals surface area contributed by atoms with E-state index in [1.165, 1.54) is 39.9 Å². The van der Waals surface area contributed by atoms with Gasteiger partial charge in [-0.1, -0.05) is 6.07 Å². The lowest BCUT2D eigenvalue weighted by atomic mass is 10.2. The van der Waals surface area contributed by atoms with Crippen LogP contribution in [0.1, 0.15) is 20.0 Å². The van der Waals surface area contributed by atoms with Crippen molar-refractivity contribution in [3.8, 4) is 0 Å². The molecule has 138 valence electrons. The first-order valence-electron chi connectivity index (χ1n) is 7.90. The highest BCUT2D eigenvalue weighted by molar-refractivity contribution is 7.89. The van der Waals surface area contributed by atoms with E-state index in [0.717, 1.165) is 0 Å². The molecule has 0 N–H and O–H groups in total. The highest BCUT2D eigenvalue weighted by Gasteiger charge is 2.26. The van der Waals surface area contributed by atoms with E-state index in [4.69, 9.17) is 9.47 Å². The maximum Gasteiger partial charge on any atom is 0.338 e. The molecule has 0 radical (unpaired) electrons. The van der Waals surface area contributed by atoms with Gasteiger partial charge in [0.05, 0.1) is 28.5 Å². The molecule has 1 aliphatic heterocycles. The van der Waals surface area contributed by atoms with Crippen LogP contribution in [0.5, 0.6) is 0 Å². The van der Waals surface area contributed by atoms with Gasteiger partial charge >= 0.3 is 5.97 Å². The minimum absolute atomic E-state index is 0.102. The van der Waals surface area contributed by atoms with Crippen LogP contribution in [-0.4, -0.2) is 57.4 Å². The predicted octanol–water partition coefficient (Wildman–Crippen LogP) is 1.81. The van der Waals surface area contributed by atoms with Crippen molar-refractivity contribution in [2.45, 2.75) is 4.90 Å². The molecule has 1 aliphatic rings. The Balaban J connectivity index is 1.63. The van der Waals surface area contributed by atoms with E-state index in [0.29, 0.717) is 31.2 Å². The van der Waals surface area contributed by atoms with Gasteiger partial charge in [-0.25, -0.2) is 13.2 Å². The molecule has 0 saturated carbocycles. The molecule has 26 heavy (non-hydrogen) atoms. The van der Waals surface area contributed by atoms with Crippen molar-refractivity contribution in [1.82, 2.24) is 4.31 Å². The van der Waals surface area contributed by atoms with Gasteiger partial charge in [-0.3, -0.25) is 4.79 Å². The average molecular weight is 395 g/mol. The Morgan fingerprint density at radius 1 is 1.12 bits per heavy atom. The molecule has 0 aliphatic carbocycles. The second kappa shape index (κ2) is 8.09. The molecule has 1 aromatic heterocycles. The summed E-state index contributed by atoms with van der Waals surface area (Å²) in [5.41, 5.74) is 0.185. The van der Waals surface area contributed by atoms with Crippen molar-refractivity contribution in [3.63, 3.8) is 0 Å². The zero-order chi connectivity index (χ0) is 18.6. The van der Waals surface area contributed by atoms with Gasteiger partial charge in [-0.2, -0.15) is 4.31 Å². The predicted molar refractivity (Wildman–Crippen MR) is 95.0 cm³/mol. The maximum absolute atomic E-state index is 12.5. The molecule has 3 rings (SSSR count). The SMILES string of the molecule is O=C(OCC(=O)c1cccs1)c1ccc(S(=O)(=O)N2CCOCC2)cc1. The van der Waals surface area contributed by atoms with Crippen LogP contribution >= 0.6 is 11.3 Å². The fourth-order valence-electron chi connectivity index (χ4n) is 2.42. The van der Waals surface area contributed by atoms with Crippen LogP contribution in [0.15, 0.2) is 46.7 Å². The van der Waals surface area contributed by atoms with Crippen molar-refractivity contribution in [2.24, 2.45) is 0 Å². The number of hydrogen-bond acceptors (Lipinski definition) is 7. The summed E-state index contributed by atoms with van der Waals surface area (Å²) in [6.07, 6.45) is 0. The van der Waals surface area contributed by atoms with Crippen molar-refractivity contribution in [3.05, 3.63) is 52.2 Å². The number of morpholine rings is 1. The highest BCUT2D eigenvalue weighted by Crippen LogP contribution is 2.18. The first-order valence-corrected chi connectivity index (χ1v) is 10.2. The van der Waals surface area contributed by atoms with Crippen molar-refractivity contribution >= 4 is 33.1 Å². The Labute approximate surface area is 155 Å². The third kappa shape index (κ3) is 4.18. The van der Waals surface area contributed by atoms with Gasteiger partial charge in [0.1, 0.15) is 0 Å². The third-order valence-electron chi connectivity index (χ3n) is 3.83. The van der Waals surface area contributed by atoms with Gasteiger partial charge in [0.2, 0.25) is 15.8 Å². The van der Waals surface area contributed by atoms with E-state index >= 15 is 0 Å². The van der Waals surface area contributed by atoms with Crippen LogP contribution in [0.4, 0.5) is 0 Å². The molecule has 2 aromatic rings. The van der Waals surface area contributed by atoms with Crippen molar-refractivity contribution in [2.75, 3.05) is 32.9 Å². The molecular weight excluding hydrogens is 378 g/mol. The van der Waals surface area contributed by atoms with Gasteiger partial charge in [0.25, 0.3) is 0 Å². The lowest BCUT2D eigenvalue weighted by molar-refractivity contribution is 0.0475. The summed E-state index contributed by atoms with van der Waals surface area (Å²) in [6, 6.07) is 8.89. The monoisotopic (exact) mass is 395 g/mol. The lowest BCUT2D eigenvalue weighted by Crippen LogP contribution is -2.40. The molecule has 0 bridgehead atoms. The molecule has 1 aromatic carbocycles. The third-order valence-corrected chi connectivity index (χ3v) is 6.65. The van der Waals surface area contributed by atoms with E-state index in [1.54, 1.807) is 17.5 Å². The summed E-state index contributed by atoms with van der Waals surface area (Å²) in [4.78, 5) is 24.5. The molecule has 0 spiro atoms. The summed E-state index contributed by atoms with van der Waals surface area (Å²) < 4.78 is 36.6. The number of ketones is 1. The van der Waals surface area contributed by atoms with Crippen LogP contribution in [0.2, 0.25) is 0 Å². The Morgan fingerprint density at radius 2 is 1.81 bits per heavy atom. The lowest BCUT2D eigenvalue weighted by Gasteiger charge is -2.26. The van der Waals surface area contributed by atoms with Gasteiger partial charge in [0.15, 0.2) is 6.61 Å². The van der Waals surface area contributed by atoms with Crippen LogP contribution < -0.4 is 0 Å². The number of Topliss-reactive ketones (excluding diaryl/α,β-unsaturated/α-hetero) is 1. The average Bonchev–Trinajstić information content (AvgIpc) is 3.21. The molecule has 2 heterocycles. The van der Waals surface area contributed by atoms with E-state index in [1.807, 2.05) is 0 Å². The van der Waals surface area contributed by atoms with Crippen LogP contribution in [0.3, 0.4) is 0 Å². The number of carbonyl (C=O) groups excluding carboxylic acids is 2. The number of esters is 1. The summed E-state index contributed by atoms with van der Waals surface area (Å²) in [6.45, 7) is 0.977. The summed E-state index contributed by atoms with van der Waals surface area (Å²) in [5, 5.41) is 1.77. The van der Waals surface area contributed by atoms with Crippen molar-refractivity contribution in [1.29, 1.82) is 0 Å². The topological polar surface area (TPSA) is 90.0 Å². The first-order chi connectivity index (χ1) is 12.5. The minimum Gasteiger partial charge on any atom is -0.454 e. The van der Waals surface area contributed by atoms with E-state index in [2.05, 4.69) is 0 Å². The zero-order valence-electron chi connectivity index (χ0n) is 13.8. The number of benzene rings is 1. The number of thiophene rings is 1. The molecule has 0 atom stereocenters. The highest BCUT2D eigenvalue weighted by atomic mass is 32.2. The van der Waals surface area contributed by atoms with E-state index in [9.17, 15) is 18.0 Å². The number of sulfonamides is 1. The van der Waals surface area contributed by atoms with Gasteiger partial charge in [0, 0.05) is 13.1 Å². The number of ether oxygens (including phenoxy) is 2. The molecule has 1 saturated heterocycles. The Bertz CT molecular complexity index is 868. The molecular formula is C17H17NO6S2. The Morgan fingerprint density at radius 3 is 2.42 bits per heavy atom. The fourth-order valence-corrected chi connectivity index (χ4v) is 4.48. The molecule has 0 amide bonds. The Hall–Kier alpha value is -2.07. The summed E-state index contributed by atoms with van der Waals surface area (Å²) >= 11 is 1.28. The maximum atomic E-state index is 12.5. The van der Waals surface area contributed by atoms with Gasteiger partial charge in [-0.15, -0.1) is 11.3 Å².